The quantitative estimate of drug-likeness (QED) is 0.177. The van der Waals surface area contributed by atoms with E-state index in [1.165, 1.54) is 47.8 Å². The Morgan fingerprint density at radius 1 is 0.655 bits per heavy atom. The van der Waals surface area contributed by atoms with Crippen LogP contribution in [0.1, 0.15) is 35.6 Å². The van der Waals surface area contributed by atoms with Gasteiger partial charge in [0.25, 0.3) is 0 Å². The average molecular weight is 722 g/mol. The number of nitrogens with zero attached hydrogens (tertiary/aromatic N) is 3. The average Bonchev–Trinajstić information content (AvgIpc) is 3.80. The van der Waals surface area contributed by atoms with E-state index in [4.69, 9.17) is 9.97 Å². The van der Waals surface area contributed by atoms with Crippen LogP contribution in [0.3, 0.4) is 0 Å². The molecule has 0 fully saturated rings. The molecule has 7 aromatic carbocycles. The van der Waals surface area contributed by atoms with Gasteiger partial charge >= 0.3 is 0 Å². The van der Waals surface area contributed by atoms with Crippen LogP contribution in [0.5, 0.6) is 0 Å². The van der Waals surface area contributed by atoms with Crippen molar-refractivity contribution in [2.45, 2.75) is 19.8 Å². The van der Waals surface area contributed by atoms with Gasteiger partial charge in [0.2, 0.25) is 0 Å². The molecule has 0 aliphatic heterocycles. The molecule has 1 aliphatic carbocycles. The van der Waals surface area contributed by atoms with Crippen molar-refractivity contribution in [1.82, 2.24) is 14.5 Å². The number of rotatable bonds is 5. The molecule has 1 aliphatic rings. The highest BCUT2D eigenvalue weighted by atomic mass is 32.1. The van der Waals surface area contributed by atoms with E-state index in [9.17, 15) is 0 Å². The van der Waals surface area contributed by atoms with Crippen LogP contribution >= 0.6 is 11.3 Å². The Hall–Kier alpha value is -6.62. The maximum atomic E-state index is 5.54. The van der Waals surface area contributed by atoms with Crippen LogP contribution < -0.4 is 0 Å². The number of allylic oxidation sites excluding steroid dienone is 2. The molecule has 0 bridgehead atoms. The number of para-hydroxylation sites is 3. The second-order valence-corrected chi connectivity index (χ2v) is 15.4. The van der Waals surface area contributed by atoms with Crippen molar-refractivity contribution in [3.8, 4) is 28.2 Å². The number of aryl methyl sites for hydroxylation is 1. The molecule has 3 heterocycles. The summed E-state index contributed by atoms with van der Waals surface area (Å²) in [4.78, 5) is 10.9. The van der Waals surface area contributed by atoms with Crippen molar-refractivity contribution in [3.63, 3.8) is 0 Å². The van der Waals surface area contributed by atoms with Crippen LogP contribution in [0.4, 0.5) is 0 Å². The zero-order chi connectivity index (χ0) is 36.6. The normalized spacial score (nSPS) is 13.0. The molecule has 4 heteroatoms. The van der Waals surface area contributed by atoms with Crippen molar-refractivity contribution < 1.29 is 0 Å². The first-order valence-electron chi connectivity index (χ1n) is 19.0. The van der Waals surface area contributed by atoms with E-state index in [1.807, 2.05) is 29.5 Å². The second kappa shape index (κ2) is 12.5. The Bertz CT molecular complexity index is 3290. The molecule has 10 aromatic rings. The summed E-state index contributed by atoms with van der Waals surface area (Å²) < 4.78 is 5.06. The van der Waals surface area contributed by atoms with Gasteiger partial charge in [-0.15, -0.1) is 11.3 Å². The molecule has 0 radical (unpaired) electrons. The molecule has 260 valence electrons. The van der Waals surface area contributed by atoms with Crippen LogP contribution in [0.15, 0.2) is 146 Å². The maximum absolute atomic E-state index is 5.54. The van der Waals surface area contributed by atoms with Crippen molar-refractivity contribution >= 4 is 93.3 Å². The molecule has 55 heavy (non-hydrogen) atoms. The molecule has 3 aromatic heterocycles. The largest absolute Gasteiger partial charge is 0.291 e. The Morgan fingerprint density at radius 3 is 2.25 bits per heavy atom. The second-order valence-electron chi connectivity index (χ2n) is 14.4. The van der Waals surface area contributed by atoms with Gasteiger partial charge in [-0.05, 0) is 83.3 Å². The van der Waals surface area contributed by atoms with E-state index < -0.39 is 0 Å². The molecular formula is C51H35N3S. The summed E-state index contributed by atoms with van der Waals surface area (Å²) in [7, 11) is 0. The summed E-state index contributed by atoms with van der Waals surface area (Å²) in [6.07, 6.45) is 13.2. The minimum absolute atomic E-state index is 0.803. The molecule has 0 atom stereocenters. The maximum Gasteiger partial charge on any atom is 0.165 e. The standard InChI is InChI=1S/C51H35N3S/c1-3-15-37-34(4-2)47-40-23-14-22-36(33-27-28-44-41(30-33)46-35-19-9-8-16-31(35)26-29-45(46)55-44)49(40)54(50(47)39-21-11-10-20-38(37)39)51-48(32-17-6-5-7-18-32)52-42-24-12-13-25-43(42)53-51/h3-7,9-15,17-30H,2,8,16H2,1H3/b15-3-. The third kappa shape index (κ3) is 4.75. The van der Waals surface area contributed by atoms with Crippen molar-refractivity contribution in [3.05, 3.63) is 168 Å². The Kier molecular flexibility index (Phi) is 7.23. The molecule has 0 amide bonds. The van der Waals surface area contributed by atoms with E-state index in [0.717, 1.165) is 79.3 Å². The highest BCUT2D eigenvalue weighted by Gasteiger charge is 2.26. The van der Waals surface area contributed by atoms with Gasteiger partial charge in [-0.1, -0.05) is 134 Å². The zero-order valence-electron chi connectivity index (χ0n) is 30.4. The van der Waals surface area contributed by atoms with Gasteiger partial charge < -0.3 is 0 Å². The number of thiophene rings is 1. The first-order valence-corrected chi connectivity index (χ1v) is 19.8. The van der Waals surface area contributed by atoms with Gasteiger partial charge in [0, 0.05) is 47.5 Å². The van der Waals surface area contributed by atoms with E-state index in [0.29, 0.717) is 0 Å². The summed E-state index contributed by atoms with van der Waals surface area (Å²) in [6, 6.07) is 45.9. The molecule has 0 unspecified atom stereocenters. The highest BCUT2D eigenvalue weighted by Crippen LogP contribution is 2.47. The predicted molar refractivity (Wildman–Crippen MR) is 237 cm³/mol. The van der Waals surface area contributed by atoms with Gasteiger partial charge in [-0.2, -0.15) is 0 Å². The smallest absolute Gasteiger partial charge is 0.165 e. The third-order valence-electron chi connectivity index (χ3n) is 11.3. The van der Waals surface area contributed by atoms with E-state index >= 15 is 0 Å². The fraction of sp³-hybridized carbons (Fsp3) is 0.0588. The molecule has 0 spiro atoms. The van der Waals surface area contributed by atoms with Crippen molar-refractivity contribution in [1.29, 1.82) is 0 Å². The Labute approximate surface area is 322 Å². The minimum atomic E-state index is 0.803. The van der Waals surface area contributed by atoms with Crippen LogP contribution in [-0.4, -0.2) is 14.5 Å². The topological polar surface area (TPSA) is 30.7 Å². The lowest BCUT2D eigenvalue weighted by Crippen LogP contribution is -2.05. The van der Waals surface area contributed by atoms with Crippen LogP contribution in [-0.2, 0) is 6.42 Å². The van der Waals surface area contributed by atoms with Gasteiger partial charge in [0.1, 0.15) is 5.69 Å². The summed E-state index contributed by atoms with van der Waals surface area (Å²) in [6.45, 7) is 6.51. The first kappa shape index (κ1) is 31.9. The lowest BCUT2D eigenvalue weighted by atomic mass is 9.92. The van der Waals surface area contributed by atoms with Gasteiger partial charge in [-0.3, -0.25) is 4.57 Å². The van der Waals surface area contributed by atoms with E-state index in [-0.39, 0.29) is 0 Å². The van der Waals surface area contributed by atoms with Gasteiger partial charge in [-0.25, -0.2) is 9.97 Å². The summed E-state index contributed by atoms with van der Waals surface area (Å²) >= 11 is 1.88. The SMILES string of the molecule is C=Cc1c(/C=C\C)c2ccccc2c2c1c1cccc(-c3ccc4sc5ccc6c(c5c4c3)C=CCC6)c1n2-c1nc2ccccc2nc1-c1ccccc1. The fourth-order valence-electron chi connectivity index (χ4n) is 8.96. The monoisotopic (exact) mass is 721 g/mol. The molecule has 11 rings (SSSR count). The molecule has 0 saturated carbocycles. The number of hydrogen-bond acceptors (Lipinski definition) is 3. The number of fused-ring (bicyclic) bond motifs is 11. The lowest BCUT2D eigenvalue weighted by molar-refractivity contribution is 0.990. The third-order valence-corrected chi connectivity index (χ3v) is 12.4. The van der Waals surface area contributed by atoms with E-state index in [1.54, 1.807) is 0 Å². The molecule has 0 saturated heterocycles. The highest BCUT2D eigenvalue weighted by molar-refractivity contribution is 7.25. The van der Waals surface area contributed by atoms with Gasteiger partial charge in [0.05, 0.1) is 22.1 Å². The van der Waals surface area contributed by atoms with Gasteiger partial charge in [0.15, 0.2) is 5.82 Å². The first-order chi connectivity index (χ1) is 27.2. The molecule has 3 nitrogen and oxygen atoms in total. The van der Waals surface area contributed by atoms with Crippen LogP contribution in [0.25, 0.3) is 110 Å². The van der Waals surface area contributed by atoms with Crippen LogP contribution in [0.2, 0.25) is 0 Å². The number of aromatic nitrogens is 3. The zero-order valence-corrected chi connectivity index (χ0v) is 31.2. The summed E-state index contributed by atoms with van der Waals surface area (Å²) in [5, 5.41) is 7.32. The van der Waals surface area contributed by atoms with Crippen molar-refractivity contribution in [2.75, 3.05) is 0 Å². The summed E-state index contributed by atoms with van der Waals surface area (Å²) in [5.41, 5.74) is 13.2. The fourth-order valence-corrected chi connectivity index (χ4v) is 10.1. The predicted octanol–water partition coefficient (Wildman–Crippen LogP) is 14.2. The minimum Gasteiger partial charge on any atom is -0.291 e. The lowest BCUT2D eigenvalue weighted by Gasteiger charge is -2.17. The Morgan fingerprint density at radius 2 is 1.42 bits per heavy atom. The summed E-state index contributed by atoms with van der Waals surface area (Å²) in [5.74, 6) is 0.803. The number of hydrogen-bond donors (Lipinski definition) is 0. The van der Waals surface area contributed by atoms with Crippen LogP contribution in [0, 0.1) is 0 Å². The molecule has 0 N–H and O–H groups in total. The molecular weight excluding hydrogens is 687 g/mol. The van der Waals surface area contributed by atoms with Crippen molar-refractivity contribution in [2.24, 2.45) is 0 Å². The number of benzene rings is 7. The van der Waals surface area contributed by atoms with E-state index in [2.05, 4.69) is 158 Å². The Balaban J connectivity index is 1.35.